The van der Waals surface area contributed by atoms with Gasteiger partial charge in [0.1, 0.15) is 5.75 Å². The van der Waals surface area contributed by atoms with Gasteiger partial charge >= 0.3 is 0 Å². The molecule has 5 nitrogen and oxygen atoms in total. The average Bonchev–Trinajstić information content (AvgIpc) is 3.31. The molecule has 21 heavy (non-hydrogen) atoms. The molecule has 3 saturated heterocycles. The predicted molar refractivity (Wildman–Crippen MR) is 78.0 cm³/mol. The Morgan fingerprint density at radius 3 is 2.57 bits per heavy atom. The molecule has 2 atom stereocenters. The number of nitrogens with zero attached hydrogens (tertiary/aromatic N) is 1. The highest BCUT2D eigenvalue weighted by molar-refractivity contribution is 5.52. The first kappa shape index (κ1) is 13.4. The van der Waals surface area contributed by atoms with Crippen molar-refractivity contribution < 1.29 is 18.9 Å². The molecule has 0 aliphatic carbocycles. The van der Waals surface area contributed by atoms with Gasteiger partial charge in [0.05, 0.1) is 51.3 Å². The SMILES string of the molecule is c1cc(OCCC2CO2)cc(N(CC2CO2)C2COC2)c1. The number of hydrogen-bond donors (Lipinski definition) is 0. The highest BCUT2D eigenvalue weighted by atomic mass is 16.6. The number of ether oxygens (including phenoxy) is 4. The fourth-order valence-corrected chi connectivity index (χ4v) is 2.56. The highest BCUT2D eigenvalue weighted by Gasteiger charge is 2.32. The summed E-state index contributed by atoms with van der Waals surface area (Å²) in [7, 11) is 0. The number of epoxide rings is 2. The van der Waals surface area contributed by atoms with Crippen LogP contribution in [0.25, 0.3) is 0 Å². The molecule has 3 aliphatic heterocycles. The Morgan fingerprint density at radius 1 is 1.10 bits per heavy atom. The van der Waals surface area contributed by atoms with E-state index in [2.05, 4.69) is 23.1 Å². The third-order valence-corrected chi connectivity index (χ3v) is 4.12. The van der Waals surface area contributed by atoms with Gasteiger partial charge < -0.3 is 23.8 Å². The predicted octanol–water partition coefficient (Wildman–Crippen LogP) is 1.46. The number of hydrogen-bond acceptors (Lipinski definition) is 5. The fraction of sp³-hybridized carbons (Fsp3) is 0.625. The molecule has 0 bridgehead atoms. The molecule has 0 amide bonds. The molecule has 2 unspecified atom stereocenters. The van der Waals surface area contributed by atoms with Gasteiger partial charge in [0.2, 0.25) is 0 Å². The summed E-state index contributed by atoms with van der Waals surface area (Å²) in [6.45, 7) is 5.02. The fourth-order valence-electron chi connectivity index (χ4n) is 2.56. The molecule has 0 radical (unpaired) electrons. The molecule has 0 saturated carbocycles. The second-order valence-corrected chi connectivity index (χ2v) is 5.89. The van der Waals surface area contributed by atoms with E-state index in [9.17, 15) is 0 Å². The standard InChI is InChI=1S/C16H21NO4/c1-2-12(6-14(3-1)19-5-4-15-10-20-15)17(7-16-11-21-16)13-8-18-9-13/h1-3,6,13,15-16H,4-5,7-11H2. The first-order valence-corrected chi connectivity index (χ1v) is 7.69. The monoisotopic (exact) mass is 291 g/mol. The van der Waals surface area contributed by atoms with Gasteiger partial charge in [-0.05, 0) is 12.1 Å². The highest BCUT2D eigenvalue weighted by Crippen LogP contribution is 2.28. The second kappa shape index (κ2) is 5.83. The maximum absolute atomic E-state index is 5.83. The van der Waals surface area contributed by atoms with Crippen LogP contribution in [0, 0.1) is 0 Å². The van der Waals surface area contributed by atoms with Crippen molar-refractivity contribution in [1.29, 1.82) is 0 Å². The summed E-state index contributed by atoms with van der Waals surface area (Å²) in [5.41, 5.74) is 1.19. The van der Waals surface area contributed by atoms with Crippen LogP contribution in [0.3, 0.4) is 0 Å². The summed E-state index contributed by atoms with van der Waals surface area (Å²) < 4.78 is 21.7. The minimum absolute atomic E-state index is 0.377. The average molecular weight is 291 g/mol. The summed E-state index contributed by atoms with van der Waals surface area (Å²) in [6.07, 6.45) is 1.77. The minimum atomic E-state index is 0.377. The van der Waals surface area contributed by atoms with Gasteiger partial charge in [0, 0.05) is 24.7 Å². The largest absolute Gasteiger partial charge is 0.493 e. The molecule has 1 aromatic carbocycles. The summed E-state index contributed by atoms with van der Waals surface area (Å²) >= 11 is 0. The second-order valence-electron chi connectivity index (χ2n) is 5.89. The Balaban J connectivity index is 1.40. The molecule has 3 aliphatic rings. The summed E-state index contributed by atoms with van der Waals surface area (Å²) in [5, 5.41) is 0. The molecular weight excluding hydrogens is 270 g/mol. The van der Waals surface area contributed by atoms with E-state index in [1.54, 1.807) is 0 Å². The minimum Gasteiger partial charge on any atom is -0.493 e. The zero-order chi connectivity index (χ0) is 14.1. The Hall–Kier alpha value is -1.30. The lowest BCUT2D eigenvalue weighted by molar-refractivity contribution is 0.00763. The van der Waals surface area contributed by atoms with Gasteiger partial charge in [-0.2, -0.15) is 0 Å². The third-order valence-electron chi connectivity index (χ3n) is 4.12. The summed E-state index contributed by atoms with van der Waals surface area (Å²) in [4.78, 5) is 2.39. The van der Waals surface area contributed by atoms with Crippen LogP contribution in [0.15, 0.2) is 24.3 Å². The van der Waals surface area contributed by atoms with Crippen LogP contribution in [0.2, 0.25) is 0 Å². The van der Waals surface area contributed by atoms with E-state index in [0.29, 0.717) is 24.9 Å². The van der Waals surface area contributed by atoms with Crippen molar-refractivity contribution in [3.05, 3.63) is 24.3 Å². The normalized spacial score (nSPS) is 27.0. The van der Waals surface area contributed by atoms with Crippen molar-refractivity contribution in [2.24, 2.45) is 0 Å². The molecule has 3 heterocycles. The molecule has 0 aromatic heterocycles. The maximum atomic E-state index is 5.83. The van der Waals surface area contributed by atoms with E-state index < -0.39 is 0 Å². The van der Waals surface area contributed by atoms with Crippen LogP contribution in [-0.2, 0) is 14.2 Å². The Labute approximate surface area is 124 Å². The van der Waals surface area contributed by atoms with Gasteiger partial charge in [-0.15, -0.1) is 0 Å². The van der Waals surface area contributed by atoms with E-state index in [1.165, 1.54) is 5.69 Å². The molecule has 4 rings (SSSR count). The first-order chi connectivity index (χ1) is 10.4. The van der Waals surface area contributed by atoms with Gasteiger partial charge in [0.25, 0.3) is 0 Å². The smallest absolute Gasteiger partial charge is 0.121 e. The quantitative estimate of drug-likeness (QED) is 0.679. The van der Waals surface area contributed by atoms with Gasteiger partial charge in [-0.1, -0.05) is 6.07 Å². The number of benzene rings is 1. The zero-order valence-corrected chi connectivity index (χ0v) is 12.1. The Morgan fingerprint density at radius 2 is 1.90 bits per heavy atom. The lowest BCUT2D eigenvalue weighted by Gasteiger charge is -2.38. The molecular formula is C16H21NO4. The van der Waals surface area contributed by atoms with E-state index in [4.69, 9.17) is 18.9 Å². The molecule has 0 N–H and O–H groups in total. The third kappa shape index (κ3) is 3.48. The Kier molecular flexibility index (Phi) is 3.71. The lowest BCUT2D eigenvalue weighted by Crippen LogP contribution is -2.50. The van der Waals surface area contributed by atoms with E-state index >= 15 is 0 Å². The van der Waals surface area contributed by atoms with E-state index in [0.717, 1.165) is 45.1 Å². The maximum Gasteiger partial charge on any atom is 0.121 e. The molecule has 3 fully saturated rings. The van der Waals surface area contributed by atoms with Crippen LogP contribution in [0.4, 0.5) is 5.69 Å². The first-order valence-electron chi connectivity index (χ1n) is 7.69. The van der Waals surface area contributed by atoms with Gasteiger partial charge in [0.15, 0.2) is 0 Å². The van der Waals surface area contributed by atoms with Crippen molar-refractivity contribution in [2.75, 3.05) is 44.5 Å². The topological polar surface area (TPSA) is 46.8 Å². The van der Waals surface area contributed by atoms with Crippen molar-refractivity contribution in [1.82, 2.24) is 0 Å². The van der Waals surface area contributed by atoms with E-state index in [-0.39, 0.29) is 0 Å². The summed E-state index contributed by atoms with van der Waals surface area (Å²) in [5.74, 6) is 0.926. The molecule has 0 spiro atoms. The number of anilines is 1. The lowest BCUT2D eigenvalue weighted by atomic mass is 10.1. The van der Waals surface area contributed by atoms with E-state index in [1.807, 2.05) is 6.07 Å². The number of rotatable bonds is 8. The van der Waals surface area contributed by atoms with Crippen LogP contribution in [0.5, 0.6) is 5.75 Å². The van der Waals surface area contributed by atoms with Crippen molar-refractivity contribution in [3.63, 3.8) is 0 Å². The molecule has 114 valence electrons. The van der Waals surface area contributed by atoms with Crippen molar-refractivity contribution in [3.8, 4) is 5.75 Å². The zero-order valence-electron chi connectivity index (χ0n) is 12.1. The van der Waals surface area contributed by atoms with Gasteiger partial charge in [-0.25, -0.2) is 0 Å². The molecule has 1 aromatic rings. The van der Waals surface area contributed by atoms with Crippen molar-refractivity contribution >= 4 is 5.69 Å². The van der Waals surface area contributed by atoms with Crippen LogP contribution in [0.1, 0.15) is 6.42 Å². The van der Waals surface area contributed by atoms with Crippen molar-refractivity contribution in [2.45, 2.75) is 24.7 Å². The van der Waals surface area contributed by atoms with Crippen LogP contribution in [-0.4, -0.2) is 57.8 Å². The van der Waals surface area contributed by atoms with Crippen LogP contribution < -0.4 is 9.64 Å². The molecule has 5 heteroatoms. The summed E-state index contributed by atoms with van der Waals surface area (Å²) in [6, 6.07) is 8.79. The van der Waals surface area contributed by atoms with Crippen LogP contribution >= 0.6 is 0 Å². The van der Waals surface area contributed by atoms with Gasteiger partial charge in [-0.3, -0.25) is 0 Å². The Bertz CT molecular complexity index is 483.